The molecule has 0 aliphatic heterocycles. The maximum atomic E-state index is 8.81. The number of rotatable bonds is 7. The number of nitrogens with one attached hydrogen (secondary N) is 2. The van der Waals surface area contributed by atoms with Gasteiger partial charge in [-0.15, -0.1) is 0 Å². The molecule has 0 saturated carbocycles. The zero-order valence-corrected chi connectivity index (χ0v) is 18.4. The van der Waals surface area contributed by atoms with Crippen molar-refractivity contribution in [1.29, 1.82) is 5.41 Å². The number of hydrogen-bond donors (Lipinski definition) is 2. The summed E-state index contributed by atoms with van der Waals surface area (Å²) in [6.45, 7) is 5.85. The highest BCUT2D eigenvalue weighted by atomic mass is 16.5. The van der Waals surface area contributed by atoms with Crippen molar-refractivity contribution in [2.45, 2.75) is 26.8 Å². The second kappa shape index (κ2) is 8.97. The fourth-order valence-electron chi connectivity index (χ4n) is 3.58. The molecule has 1 atom stereocenters. The summed E-state index contributed by atoms with van der Waals surface area (Å²) in [5.74, 6) is 0.748. The van der Waals surface area contributed by atoms with E-state index in [1.54, 1.807) is 18.6 Å². The summed E-state index contributed by atoms with van der Waals surface area (Å²) in [6, 6.07) is 11.9. The lowest BCUT2D eigenvalue weighted by Gasteiger charge is -2.19. The lowest BCUT2D eigenvalue weighted by molar-refractivity contribution is 0.379. The van der Waals surface area contributed by atoms with E-state index in [0.717, 1.165) is 39.5 Å². The van der Waals surface area contributed by atoms with Crippen molar-refractivity contribution in [3.05, 3.63) is 83.3 Å². The van der Waals surface area contributed by atoms with Gasteiger partial charge in [-0.3, -0.25) is 10.4 Å². The average Bonchev–Trinajstić information content (AvgIpc) is 3.17. The van der Waals surface area contributed by atoms with Gasteiger partial charge < -0.3 is 14.6 Å². The summed E-state index contributed by atoms with van der Waals surface area (Å²) in [6.07, 6.45) is 4.94. The highest BCUT2D eigenvalue weighted by molar-refractivity contribution is 6.14. The quantitative estimate of drug-likeness (QED) is 0.409. The van der Waals surface area contributed by atoms with E-state index in [4.69, 9.17) is 14.7 Å². The van der Waals surface area contributed by atoms with Gasteiger partial charge in [0, 0.05) is 41.0 Å². The van der Waals surface area contributed by atoms with Crippen LogP contribution >= 0.6 is 0 Å². The molecule has 3 aromatic heterocycles. The second-order valence-corrected chi connectivity index (χ2v) is 7.41. The molecular weight excluding hydrogens is 404 g/mol. The van der Waals surface area contributed by atoms with Crippen molar-refractivity contribution < 1.29 is 9.26 Å². The van der Waals surface area contributed by atoms with Crippen molar-refractivity contribution in [2.75, 3.05) is 12.4 Å². The van der Waals surface area contributed by atoms with E-state index in [0.29, 0.717) is 11.3 Å². The highest BCUT2D eigenvalue weighted by Gasteiger charge is 2.18. The van der Waals surface area contributed by atoms with Crippen LogP contribution in [-0.2, 0) is 0 Å². The Morgan fingerprint density at radius 1 is 1.09 bits per heavy atom. The molecule has 0 bridgehead atoms. The molecule has 0 spiro atoms. The maximum absolute atomic E-state index is 8.81. The first-order valence-corrected chi connectivity index (χ1v) is 10.2. The smallest absolute Gasteiger partial charge is 0.316 e. The molecule has 4 rings (SSSR count). The van der Waals surface area contributed by atoms with Crippen LogP contribution < -0.4 is 10.1 Å². The number of ether oxygens (including phenoxy) is 1. The first-order chi connectivity index (χ1) is 15.5. The van der Waals surface area contributed by atoms with E-state index in [9.17, 15) is 0 Å². The molecule has 0 aliphatic rings. The number of pyridine rings is 1. The molecule has 0 aliphatic carbocycles. The van der Waals surface area contributed by atoms with Crippen LogP contribution in [-0.4, -0.2) is 32.9 Å². The normalized spacial score (nSPS) is 11.8. The lowest BCUT2D eigenvalue weighted by Crippen LogP contribution is -2.13. The minimum Gasteiger partial charge on any atom is -0.467 e. The van der Waals surface area contributed by atoms with Crippen LogP contribution in [0.3, 0.4) is 0 Å². The Bertz CT molecular complexity index is 1220. The topological polar surface area (TPSA) is 110 Å². The molecular formula is C24H24N6O2. The third kappa shape index (κ3) is 4.20. The number of aromatic nitrogens is 4. The molecule has 32 heavy (non-hydrogen) atoms. The fraction of sp³-hybridized carbons (Fsp3) is 0.208. The van der Waals surface area contributed by atoms with E-state index in [-0.39, 0.29) is 12.1 Å². The van der Waals surface area contributed by atoms with Gasteiger partial charge in [0.25, 0.3) is 0 Å². The monoisotopic (exact) mass is 428 g/mol. The van der Waals surface area contributed by atoms with E-state index in [2.05, 4.69) is 25.4 Å². The molecule has 8 nitrogen and oxygen atoms in total. The molecule has 0 fully saturated rings. The van der Waals surface area contributed by atoms with Gasteiger partial charge in [0.05, 0.1) is 30.3 Å². The molecule has 1 aromatic carbocycles. The van der Waals surface area contributed by atoms with Gasteiger partial charge in [0.1, 0.15) is 5.76 Å². The predicted octanol–water partition coefficient (Wildman–Crippen LogP) is 4.74. The standard InChI is InChI=1S/C24H24N6O2/c1-14(20-7-5-6-10-26-20)29-21-11-17(22-15(2)30-32-16(22)3)8-9-19(21)23(25)18-12-27-24(31-4)28-13-18/h5-14,25,29H,1-4H3/t14-/m0/s1. The Morgan fingerprint density at radius 3 is 2.50 bits per heavy atom. The third-order valence-electron chi connectivity index (χ3n) is 5.21. The third-order valence-corrected chi connectivity index (χ3v) is 5.21. The summed E-state index contributed by atoms with van der Waals surface area (Å²) >= 11 is 0. The Morgan fingerprint density at radius 2 is 1.88 bits per heavy atom. The van der Waals surface area contributed by atoms with Crippen LogP contribution in [0.15, 0.2) is 59.5 Å². The van der Waals surface area contributed by atoms with Crippen molar-refractivity contribution in [3.63, 3.8) is 0 Å². The van der Waals surface area contributed by atoms with Gasteiger partial charge in [-0.25, -0.2) is 9.97 Å². The Balaban J connectivity index is 1.76. The minimum atomic E-state index is -0.0743. The largest absolute Gasteiger partial charge is 0.467 e. The van der Waals surface area contributed by atoms with Gasteiger partial charge in [-0.1, -0.05) is 23.4 Å². The van der Waals surface area contributed by atoms with Gasteiger partial charge in [0.2, 0.25) is 0 Å². The number of anilines is 1. The van der Waals surface area contributed by atoms with Crippen molar-refractivity contribution >= 4 is 11.4 Å². The highest BCUT2D eigenvalue weighted by Crippen LogP contribution is 2.33. The minimum absolute atomic E-state index is 0.0743. The van der Waals surface area contributed by atoms with E-state index < -0.39 is 0 Å². The van der Waals surface area contributed by atoms with Crippen LogP contribution in [0.5, 0.6) is 6.01 Å². The van der Waals surface area contributed by atoms with Crippen LogP contribution in [0.25, 0.3) is 11.1 Å². The van der Waals surface area contributed by atoms with Crippen LogP contribution in [0.4, 0.5) is 5.69 Å². The SMILES string of the molecule is COc1ncc(C(=N)c2ccc(-c3c(C)noc3C)cc2N[C@@H](C)c2ccccn2)cn1. The summed E-state index contributed by atoms with van der Waals surface area (Å²) in [4.78, 5) is 12.7. The van der Waals surface area contributed by atoms with Crippen molar-refractivity contribution in [3.8, 4) is 17.1 Å². The Kier molecular flexibility index (Phi) is 5.93. The predicted molar refractivity (Wildman–Crippen MR) is 122 cm³/mol. The molecule has 0 saturated heterocycles. The molecule has 0 radical (unpaired) electrons. The Labute approximate surface area is 186 Å². The number of nitrogens with zero attached hydrogens (tertiary/aromatic N) is 4. The number of benzene rings is 1. The number of aryl methyl sites for hydroxylation is 2. The summed E-state index contributed by atoms with van der Waals surface area (Å²) in [5.41, 5.74) is 6.03. The number of hydrogen-bond acceptors (Lipinski definition) is 8. The Hall–Kier alpha value is -4.07. The summed E-state index contributed by atoms with van der Waals surface area (Å²) in [7, 11) is 1.51. The fourth-order valence-corrected chi connectivity index (χ4v) is 3.58. The van der Waals surface area contributed by atoms with Crippen LogP contribution in [0.1, 0.15) is 41.2 Å². The summed E-state index contributed by atoms with van der Waals surface area (Å²) in [5, 5.41) is 16.4. The van der Waals surface area contributed by atoms with Gasteiger partial charge in [0.15, 0.2) is 0 Å². The van der Waals surface area contributed by atoms with Crippen molar-refractivity contribution in [1.82, 2.24) is 20.1 Å². The van der Waals surface area contributed by atoms with Crippen LogP contribution in [0, 0.1) is 19.3 Å². The zero-order valence-electron chi connectivity index (χ0n) is 18.4. The molecule has 8 heteroatoms. The summed E-state index contributed by atoms with van der Waals surface area (Å²) < 4.78 is 10.4. The molecule has 2 N–H and O–H groups in total. The van der Waals surface area contributed by atoms with Crippen LogP contribution in [0.2, 0.25) is 0 Å². The molecule has 162 valence electrons. The van der Waals surface area contributed by atoms with E-state index in [1.807, 2.05) is 57.2 Å². The zero-order chi connectivity index (χ0) is 22.7. The first-order valence-electron chi connectivity index (χ1n) is 10.2. The first kappa shape index (κ1) is 21.2. The second-order valence-electron chi connectivity index (χ2n) is 7.41. The van der Waals surface area contributed by atoms with Crippen molar-refractivity contribution in [2.24, 2.45) is 0 Å². The van der Waals surface area contributed by atoms with Gasteiger partial charge >= 0.3 is 6.01 Å². The number of methoxy groups -OCH3 is 1. The molecule has 4 aromatic rings. The van der Waals surface area contributed by atoms with Gasteiger partial charge in [-0.05, 0) is 44.5 Å². The molecule has 0 unspecified atom stereocenters. The molecule has 3 heterocycles. The van der Waals surface area contributed by atoms with E-state index in [1.165, 1.54) is 7.11 Å². The average molecular weight is 428 g/mol. The molecule has 0 amide bonds. The van der Waals surface area contributed by atoms with E-state index >= 15 is 0 Å². The van der Waals surface area contributed by atoms with Gasteiger partial charge in [-0.2, -0.15) is 0 Å². The lowest BCUT2D eigenvalue weighted by atomic mass is 9.96. The maximum Gasteiger partial charge on any atom is 0.316 e.